The number of anilines is 2. The van der Waals surface area contributed by atoms with Crippen LogP contribution >= 0.6 is 0 Å². The summed E-state index contributed by atoms with van der Waals surface area (Å²) in [6, 6.07) is 9.59. The molecule has 0 atom stereocenters. The molecule has 0 radical (unpaired) electrons. The zero-order valence-electron chi connectivity index (χ0n) is 11.5. The minimum atomic E-state index is -0.482. The van der Waals surface area contributed by atoms with Crippen LogP contribution in [0.1, 0.15) is 28.4 Å². The van der Waals surface area contributed by atoms with Gasteiger partial charge in [-0.1, -0.05) is 25.1 Å². The van der Waals surface area contributed by atoms with E-state index in [4.69, 9.17) is 5.73 Å². The van der Waals surface area contributed by atoms with Crippen molar-refractivity contribution in [1.82, 2.24) is 0 Å². The smallest absolute Gasteiger partial charge is 0.257 e. The number of nitrogens with one attached hydrogen (secondary N) is 1. The number of para-hydroxylation sites is 1. The molecular formula is C16H17FN2O. The summed E-state index contributed by atoms with van der Waals surface area (Å²) in [7, 11) is 0. The number of amides is 1. The van der Waals surface area contributed by atoms with Gasteiger partial charge in [-0.25, -0.2) is 4.39 Å². The second-order valence-electron chi connectivity index (χ2n) is 4.65. The van der Waals surface area contributed by atoms with E-state index in [0.717, 1.165) is 29.3 Å². The number of nitrogens with two attached hydrogens (primary N) is 1. The molecule has 0 aliphatic rings. The number of halogens is 1. The molecular weight excluding hydrogens is 255 g/mol. The number of aryl methyl sites for hydroxylation is 2. The van der Waals surface area contributed by atoms with Crippen LogP contribution in [0.3, 0.4) is 0 Å². The summed E-state index contributed by atoms with van der Waals surface area (Å²) < 4.78 is 13.2. The van der Waals surface area contributed by atoms with Crippen LogP contribution in [-0.2, 0) is 6.42 Å². The fourth-order valence-electron chi connectivity index (χ4n) is 2.11. The Bertz CT molecular complexity index is 653. The Morgan fingerprint density at radius 2 is 2.05 bits per heavy atom. The van der Waals surface area contributed by atoms with Gasteiger partial charge < -0.3 is 11.1 Å². The summed E-state index contributed by atoms with van der Waals surface area (Å²) in [4.78, 5) is 12.2. The minimum absolute atomic E-state index is 0.148. The molecule has 3 nitrogen and oxygen atoms in total. The number of carbonyl (C=O) groups excluding carboxylic acids is 1. The molecule has 2 aromatic rings. The molecule has 2 rings (SSSR count). The van der Waals surface area contributed by atoms with Crippen LogP contribution in [-0.4, -0.2) is 5.91 Å². The molecule has 0 bridgehead atoms. The van der Waals surface area contributed by atoms with Gasteiger partial charge in [-0.2, -0.15) is 0 Å². The van der Waals surface area contributed by atoms with Crippen LogP contribution in [0.4, 0.5) is 15.8 Å². The second kappa shape index (κ2) is 5.74. The van der Waals surface area contributed by atoms with E-state index in [1.807, 2.05) is 32.0 Å². The molecule has 0 aliphatic carbocycles. The average Bonchev–Trinajstić information content (AvgIpc) is 2.43. The molecule has 0 saturated heterocycles. The Labute approximate surface area is 117 Å². The Balaban J connectivity index is 2.35. The zero-order chi connectivity index (χ0) is 14.7. The van der Waals surface area contributed by atoms with Crippen LogP contribution in [0, 0.1) is 12.7 Å². The van der Waals surface area contributed by atoms with E-state index < -0.39 is 11.7 Å². The predicted octanol–water partition coefficient (Wildman–Crippen LogP) is 3.53. The number of hydrogen-bond acceptors (Lipinski definition) is 2. The lowest BCUT2D eigenvalue weighted by Crippen LogP contribution is -2.16. The van der Waals surface area contributed by atoms with Crippen molar-refractivity contribution in [1.29, 1.82) is 0 Å². The maximum Gasteiger partial charge on any atom is 0.257 e. The first-order valence-corrected chi connectivity index (χ1v) is 6.47. The highest BCUT2D eigenvalue weighted by Crippen LogP contribution is 2.23. The van der Waals surface area contributed by atoms with Gasteiger partial charge in [-0.3, -0.25) is 4.79 Å². The van der Waals surface area contributed by atoms with E-state index in [0.29, 0.717) is 0 Å². The normalized spacial score (nSPS) is 10.3. The van der Waals surface area contributed by atoms with Crippen LogP contribution in [0.5, 0.6) is 0 Å². The summed E-state index contributed by atoms with van der Waals surface area (Å²) in [6.45, 7) is 3.94. The fraction of sp³-hybridized carbons (Fsp3) is 0.188. The molecule has 0 heterocycles. The average molecular weight is 272 g/mol. The van der Waals surface area contributed by atoms with E-state index in [2.05, 4.69) is 5.32 Å². The zero-order valence-corrected chi connectivity index (χ0v) is 11.5. The van der Waals surface area contributed by atoms with Gasteiger partial charge in [0.05, 0.1) is 5.56 Å². The predicted molar refractivity (Wildman–Crippen MR) is 79.3 cm³/mol. The topological polar surface area (TPSA) is 55.1 Å². The van der Waals surface area contributed by atoms with E-state index in [-0.39, 0.29) is 11.3 Å². The standard InChI is InChI=1S/C16H17FN2O/c1-3-11-6-4-5-10(2)15(11)19-16(20)13-9-12(17)7-8-14(13)18/h4-9H,3,18H2,1-2H3,(H,19,20). The molecule has 0 aromatic heterocycles. The van der Waals surface area contributed by atoms with Gasteiger partial charge in [0.2, 0.25) is 0 Å². The third-order valence-corrected chi connectivity index (χ3v) is 3.24. The van der Waals surface area contributed by atoms with Gasteiger partial charge in [-0.05, 0) is 42.7 Å². The van der Waals surface area contributed by atoms with Crippen molar-refractivity contribution in [3.8, 4) is 0 Å². The van der Waals surface area contributed by atoms with E-state index >= 15 is 0 Å². The number of carbonyl (C=O) groups is 1. The van der Waals surface area contributed by atoms with Gasteiger partial charge in [-0.15, -0.1) is 0 Å². The first kappa shape index (κ1) is 14.1. The van der Waals surface area contributed by atoms with Crippen LogP contribution in [0.15, 0.2) is 36.4 Å². The summed E-state index contributed by atoms with van der Waals surface area (Å²) >= 11 is 0. The lowest BCUT2D eigenvalue weighted by molar-refractivity contribution is 0.102. The molecule has 0 aliphatic heterocycles. The number of nitrogen functional groups attached to an aromatic ring is 1. The SMILES string of the molecule is CCc1cccc(C)c1NC(=O)c1cc(F)ccc1N. The lowest BCUT2D eigenvalue weighted by Gasteiger charge is -2.13. The Morgan fingerprint density at radius 1 is 1.30 bits per heavy atom. The van der Waals surface area contributed by atoms with Crippen molar-refractivity contribution < 1.29 is 9.18 Å². The summed E-state index contributed by atoms with van der Waals surface area (Å²) in [5.74, 6) is -0.879. The molecule has 1 amide bonds. The van der Waals surface area contributed by atoms with Gasteiger partial charge in [0, 0.05) is 11.4 Å². The van der Waals surface area contributed by atoms with Crippen molar-refractivity contribution in [2.24, 2.45) is 0 Å². The number of hydrogen-bond donors (Lipinski definition) is 2. The highest BCUT2D eigenvalue weighted by molar-refractivity contribution is 6.08. The lowest BCUT2D eigenvalue weighted by atomic mass is 10.0. The molecule has 0 unspecified atom stereocenters. The monoisotopic (exact) mass is 272 g/mol. The molecule has 0 fully saturated rings. The Hall–Kier alpha value is -2.36. The van der Waals surface area contributed by atoms with Crippen LogP contribution in [0.25, 0.3) is 0 Å². The Kier molecular flexibility index (Phi) is 4.03. The number of rotatable bonds is 3. The van der Waals surface area contributed by atoms with E-state index in [1.165, 1.54) is 12.1 Å². The molecule has 3 N–H and O–H groups in total. The summed E-state index contributed by atoms with van der Waals surface area (Å²) in [5, 5.41) is 2.83. The molecule has 20 heavy (non-hydrogen) atoms. The van der Waals surface area contributed by atoms with Crippen molar-refractivity contribution in [2.75, 3.05) is 11.1 Å². The quantitative estimate of drug-likeness (QED) is 0.840. The highest BCUT2D eigenvalue weighted by atomic mass is 19.1. The van der Waals surface area contributed by atoms with Crippen molar-refractivity contribution in [2.45, 2.75) is 20.3 Å². The maximum absolute atomic E-state index is 13.2. The molecule has 0 saturated carbocycles. The van der Waals surface area contributed by atoms with Gasteiger partial charge >= 0.3 is 0 Å². The first-order chi connectivity index (χ1) is 9.52. The van der Waals surface area contributed by atoms with Crippen LogP contribution < -0.4 is 11.1 Å². The highest BCUT2D eigenvalue weighted by Gasteiger charge is 2.13. The second-order valence-corrected chi connectivity index (χ2v) is 4.65. The summed E-state index contributed by atoms with van der Waals surface area (Å²) in [6.07, 6.45) is 0.802. The molecule has 4 heteroatoms. The van der Waals surface area contributed by atoms with E-state index in [9.17, 15) is 9.18 Å². The largest absolute Gasteiger partial charge is 0.398 e. The van der Waals surface area contributed by atoms with Crippen molar-refractivity contribution >= 4 is 17.3 Å². The van der Waals surface area contributed by atoms with E-state index in [1.54, 1.807) is 0 Å². The molecule has 104 valence electrons. The van der Waals surface area contributed by atoms with Gasteiger partial charge in [0.25, 0.3) is 5.91 Å². The van der Waals surface area contributed by atoms with Crippen LogP contribution in [0.2, 0.25) is 0 Å². The first-order valence-electron chi connectivity index (χ1n) is 6.47. The molecule has 0 spiro atoms. The maximum atomic E-state index is 13.2. The third kappa shape index (κ3) is 2.79. The number of benzene rings is 2. The van der Waals surface area contributed by atoms with Crippen molar-refractivity contribution in [3.63, 3.8) is 0 Å². The minimum Gasteiger partial charge on any atom is -0.398 e. The molecule has 2 aromatic carbocycles. The third-order valence-electron chi connectivity index (χ3n) is 3.24. The van der Waals surface area contributed by atoms with Gasteiger partial charge in [0.15, 0.2) is 0 Å². The fourth-order valence-corrected chi connectivity index (χ4v) is 2.11. The van der Waals surface area contributed by atoms with Crippen molar-refractivity contribution in [3.05, 3.63) is 58.9 Å². The van der Waals surface area contributed by atoms with Gasteiger partial charge in [0.1, 0.15) is 5.82 Å². The Morgan fingerprint density at radius 3 is 2.75 bits per heavy atom. The summed E-state index contributed by atoms with van der Waals surface area (Å²) in [5.41, 5.74) is 8.90.